The Labute approximate surface area is 81.6 Å². The Morgan fingerprint density at radius 3 is 2.50 bits per heavy atom. The lowest BCUT2D eigenvalue weighted by atomic mass is 9.93. The van der Waals surface area contributed by atoms with Crippen molar-refractivity contribution in [2.75, 3.05) is 0 Å². The van der Waals surface area contributed by atoms with Crippen LogP contribution in [-0.2, 0) is 19.9 Å². The molecule has 0 aromatic heterocycles. The molecule has 14 heavy (non-hydrogen) atoms. The molecule has 2 aliphatic rings. The van der Waals surface area contributed by atoms with Crippen molar-refractivity contribution in [1.82, 2.24) is 0 Å². The first-order valence-corrected chi connectivity index (χ1v) is 4.66. The van der Waals surface area contributed by atoms with Crippen molar-refractivity contribution in [1.29, 1.82) is 0 Å². The van der Waals surface area contributed by atoms with E-state index >= 15 is 0 Å². The minimum Gasteiger partial charge on any atom is -0.450 e. The van der Waals surface area contributed by atoms with E-state index in [1.807, 2.05) is 37.3 Å². The lowest BCUT2D eigenvalue weighted by Crippen LogP contribution is -2.28. The molecule has 3 rings (SSSR count). The van der Waals surface area contributed by atoms with Gasteiger partial charge in [0.2, 0.25) is 0 Å². The molecule has 2 aliphatic heterocycles. The normalized spacial score (nSPS) is 39.1. The van der Waals surface area contributed by atoms with E-state index in [0.717, 1.165) is 5.56 Å². The zero-order valence-electron chi connectivity index (χ0n) is 7.77. The van der Waals surface area contributed by atoms with Gasteiger partial charge in [-0.15, -0.1) is 0 Å². The fraction of sp³-hybridized carbons (Fsp3) is 0.364. The predicted octanol–water partition coefficient (Wildman–Crippen LogP) is 1.23. The van der Waals surface area contributed by atoms with Crippen LogP contribution in [0.3, 0.4) is 0 Å². The fourth-order valence-corrected chi connectivity index (χ4v) is 2.03. The first kappa shape index (κ1) is 8.00. The van der Waals surface area contributed by atoms with Gasteiger partial charge in [-0.2, -0.15) is 0 Å². The van der Waals surface area contributed by atoms with Gasteiger partial charge in [0, 0.05) is 0 Å². The van der Waals surface area contributed by atoms with Crippen molar-refractivity contribution < 1.29 is 14.3 Å². The number of rotatable bonds is 1. The molecule has 2 saturated heterocycles. The molecule has 0 spiro atoms. The molecule has 2 fully saturated rings. The minimum absolute atomic E-state index is 0.0857. The van der Waals surface area contributed by atoms with Crippen LogP contribution in [0.1, 0.15) is 12.5 Å². The average Bonchev–Trinajstić information content (AvgIpc) is 2.94. The molecule has 0 radical (unpaired) electrons. The highest BCUT2D eigenvalue weighted by molar-refractivity contribution is 5.82. The largest absolute Gasteiger partial charge is 0.450 e. The second-order valence-electron chi connectivity index (χ2n) is 3.87. The fourth-order valence-electron chi connectivity index (χ4n) is 2.03. The van der Waals surface area contributed by atoms with E-state index in [-0.39, 0.29) is 18.2 Å². The number of carbonyl (C=O) groups is 1. The molecule has 1 aromatic carbocycles. The van der Waals surface area contributed by atoms with Crippen molar-refractivity contribution >= 4 is 5.97 Å². The number of cyclic esters (lactones) is 1. The summed E-state index contributed by atoms with van der Waals surface area (Å²) in [4.78, 5) is 11.3. The van der Waals surface area contributed by atoms with Crippen molar-refractivity contribution in [2.45, 2.75) is 24.7 Å². The third kappa shape index (κ3) is 0.876. The molecule has 2 heterocycles. The van der Waals surface area contributed by atoms with Gasteiger partial charge in [-0.1, -0.05) is 30.3 Å². The molecule has 0 saturated carbocycles. The number of ether oxygens (including phenoxy) is 2. The lowest BCUT2D eigenvalue weighted by Gasteiger charge is -2.24. The SMILES string of the molecule is CC1(c2ccccc2)OC(=O)C2OC21. The Morgan fingerprint density at radius 1 is 1.29 bits per heavy atom. The Morgan fingerprint density at radius 2 is 2.00 bits per heavy atom. The van der Waals surface area contributed by atoms with Crippen LogP contribution in [0.4, 0.5) is 0 Å². The number of benzene rings is 1. The van der Waals surface area contributed by atoms with E-state index in [9.17, 15) is 4.79 Å². The lowest BCUT2D eigenvalue weighted by molar-refractivity contribution is -0.159. The number of hydrogen-bond donors (Lipinski definition) is 0. The topological polar surface area (TPSA) is 38.8 Å². The molecule has 0 bridgehead atoms. The smallest absolute Gasteiger partial charge is 0.339 e. The first-order valence-electron chi connectivity index (χ1n) is 4.66. The molecule has 3 unspecified atom stereocenters. The van der Waals surface area contributed by atoms with E-state index in [0.29, 0.717) is 0 Å². The maximum Gasteiger partial charge on any atom is 0.339 e. The predicted molar refractivity (Wildman–Crippen MR) is 48.5 cm³/mol. The van der Waals surface area contributed by atoms with E-state index in [2.05, 4.69) is 0 Å². The summed E-state index contributed by atoms with van der Waals surface area (Å²) in [7, 11) is 0. The number of fused-ring (bicyclic) bond motifs is 1. The highest BCUT2D eigenvalue weighted by Gasteiger charge is 2.66. The summed E-state index contributed by atoms with van der Waals surface area (Å²) in [6.07, 6.45) is -0.405. The zero-order valence-corrected chi connectivity index (χ0v) is 7.77. The van der Waals surface area contributed by atoms with Crippen molar-refractivity contribution in [3.63, 3.8) is 0 Å². The molecular formula is C11H10O3. The number of esters is 1. The van der Waals surface area contributed by atoms with Crippen LogP contribution >= 0.6 is 0 Å². The Bertz CT molecular complexity index is 387. The molecule has 72 valence electrons. The molecular weight excluding hydrogens is 180 g/mol. The van der Waals surface area contributed by atoms with Crippen LogP contribution in [0.25, 0.3) is 0 Å². The van der Waals surface area contributed by atoms with Crippen LogP contribution in [0.15, 0.2) is 30.3 Å². The molecule has 0 N–H and O–H groups in total. The minimum atomic E-state index is -0.580. The summed E-state index contributed by atoms with van der Waals surface area (Å²) in [5, 5.41) is 0. The first-order chi connectivity index (χ1) is 6.72. The van der Waals surface area contributed by atoms with Gasteiger partial charge in [-0.25, -0.2) is 4.79 Å². The number of hydrogen-bond acceptors (Lipinski definition) is 3. The van der Waals surface area contributed by atoms with E-state index in [1.54, 1.807) is 0 Å². The molecule has 0 aliphatic carbocycles. The van der Waals surface area contributed by atoms with Gasteiger partial charge in [0.15, 0.2) is 11.7 Å². The maximum absolute atomic E-state index is 11.3. The van der Waals surface area contributed by atoms with Gasteiger partial charge < -0.3 is 9.47 Å². The standard InChI is InChI=1S/C11H10O3/c1-11(7-5-3-2-4-6-7)9-8(13-9)10(12)14-11/h2-6,8-9H,1H3. The Kier molecular flexibility index (Phi) is 1.35. The van der Waals surface area contributed by atoms with Crippen molar-refractivity contribution in [3.05, 3.63) is 35.9 Å². The summed E-state index contributed by atoms with van der Waals surface area (Å²) in [5.74, 6) is -0.235. The zero-order chi connectivity index (χ0) is 9.76. The van der Waals surface area contributed by atoms with Gasteiger partial charge in [-0.3, -0.25) is 0 Å². The summed E-state index contributed by atoms with van der Waals surface area (Å²) < 4.78 is 10.6. The average molecular weight is 190 g/mol. The third-order valence-corrected chi connectivity index (χ3v) is 2.93. The maximum atomic E-state index is 11.3. The van der Waals surface area contributed by atoms with E-state index in [1.165, 1.54) is 0 Å². The quantitative estimate of drug-likeness (QED) is 0.493. The van der Waals surface area contributed by atoms with Crippen LogP contribution in [-0.4, -0.2) is 18.2 Å². The molecule has 3 nitrogen and oxygen atoms in total. The molecule has 3 atom stereocenters. The van der Waals surface area contributed by atoms with Crippen LogP contribution < -0.4 is 0 Å². The van der Waals surface area contributed by atoms with Gasteiger partial charge in [0.1, 0.15) is 6.10 Å². The number of carbonyl (C=O) groups excluding carboxylic acids is 1. The van der Waals surface area contributed by atoms with Crippen LogP contribution in [0.2, 0.25) is 0 Å². The van der Waals surface area contributed by atoms with Gasteiger partial charge in [-0.05, 0) is 12.5 Å². The summed E-state index contributed by atoms with van der Waals surface area (Å²) >= 11 is 0. The van der Waals surface area contributed by atoms with Crippen LogP contribution in [0.5, 0.6) is 0 Å². The monoisotopic (exact) mass is 190 g/mol. The summed E-state index contributed by atoms with van der Waals surface area (Å²) in [6.45, 7) is 1.90. The van der Waals surface area contributed by atoms with Crippen molar-refractivity contribution in [2.24, 2.45) is 0 Å². The van der Waals surface area contributed by atoms with Gasteiger partial charge >= 0.3 is 5.97 Å². The third-order valence-electron chi connectivity index (χ3n) is 2.93. The van der Waals surface area contributed by atoms with Gasteiger partial charge in [0.05, 0.1) is 0 Å². The molecule has 3 heteroatoms. The number of epoxide rings is 1. The second-order valence-corrected chi connectivity index (χ2v) is 3.87. The Hall–Kier alpha value is -1.35. The summed E-state index contributed by atoms with van der Waals surface area (Å²) in [5.41, 5.74) is 0.418. The Balaban J connectivity index is 2.02. The highest BCUT2D eigenvalue weighted by atomic mass is 16.7. The highest BCUT2D eigenvalue weighted by Crippen LogP contribution is 2.48. The van der Waals surface area contributed by atoms with Gasteiger partial charge in [0.25, 0.3) is 0 Å². The summed E-state index contributed by atoms with van der Waals surface area (Å²) in [6, 6.07) is 9.72. The second kappa shape index (κ2) is 2.36. The van der Waals surface area contributed by atoms with Crippen LogP contribution in [0, 0.1) is 0 Å². The molecule has 1 aromatic rings. The van der Waals surface area contributed by atoms with E-state index in [4.69, 9.17) is 9.47 Å². The van der Waals surface area contributed by atoms with Crippen molar-refractivity contribution in [3.8, 4) is 0 Å². The van der Waals surface area contributed by atoms with E-state index < -0.39 is 5.60 Å². The molecule has 0 amide bonds.